The van der Waals surface area contributed by atoms with Gasteiger partial charge in [0.25, 0.3) is 0 Å². The van der Waals surface area contributed by atoms with Crippen LogP contribution in [-0.4, -0.2) is 27.7 Å². The van der Waals surface area contributed by atoms with E-state index in [4.69, 9.17) is 4.74 Å². The van der Waals surface area contributed by atoms with Crippen molar-refractivity contribution in [2.45, 2.75) is 46.1 Å². The molecule has 0 saturated heterocycles. The Labute approximate surface area is 147 Å². The summed E-state index contributed by atoms with van der Waals surface area (Å²) in [6.07, 6.45) is 4.91. The van der Waals surface area contributed by atoms with Gasteiger partial charge in [-0.05, 0) is 43.5 Å². The lowest BCUT2D eigenvalue weighted by molar-refractivity contribution is -0.118. The quantitative estimate of drug-likeness (QED) is 0.699. The summed E-state index contributed by atoms with van der Waals surface area (Å²) in [6.45, 7) is 4.19. The standard InChI is InChI=1S/C19H25N3O3/c1-4-5-15(12-14(2)23)10-11-22-19(24)21-18(13-20-22)16-6-8-17(25-3)9-7-16/h6-9,13,15H,4-5,10-12H2,1-3H3. The fourth-order valence-corrected chi connectivity index (χ4v) is 2.89. The van der Waals surface area contributed by atoms with Crippen LogP contribution in [0.2, 0.25) is 0 Å². The summed E-state index contributed by atoms with van der Waals surface area (Å²) in [5, 5.41) is 4.23. The summed E-state index contributed by atoms with van der Waals surface area (Å²) < 4.78 is 6.49. The number of ether oxygens (including phenoxy) is 1. The third-order valence-electron chi connectivity index (χ3n) is 4.16. The van der Waals surface area contributed by atoms with Gasteiger partial charge in [-0.1, -0.05) is 19.8 Å². The van der Waals surface area contributed by atoms with Gasteiger partial charge in [0.05, 0.1) is 19.0 Å². The number of aromatic nitrogens is 3. The van der Waals surface area contributed by atoms with Gasteiger partial charge in [0.1, 0.15) is 11.5 Å². The summed E-state index contributed by atoms with van der Waals surface area (Å²) in [7, 11) is 1.61. The van der Waals surface area contributed by atoms with Crippen LogP contribution in [-0.2, 0) is 11.3 Å². The molecule has 0 aliphatic rings. The summed E-state index contributed by atoms with van der Waals surface area (Å²) in [6, 6.07) is 7.33. The van der Waals surface area contributed by atoms with Gasteiger partial charge >= 0.3 is 5.69 Å². The van der Waals surface area contributed by atoms with Crippen LogP contribution in [0, 0.1) is 5.92 Å². The van der Waals surface area contributed by atoms with E-state index in [1.807, 2.05) is 24.3 Å². The maximum atomic E-state index is 12.2. The van der Waals surface area contributed by atoms with Crippen molar-refractivity contribution in [1.82, 2.24) is 14.8 Å². The number of aryl methyl sites for hydroxylation is 1. The molecule has 1 heterocycles. The van der Waals surface area contributed by atoms with Crippen molar-refractivity contribution in [3.05, 3.63) is 40.9 Å². The second-order valence-electron chi connectivity index (χ2n) is 6.23. The van der Waals surface area contributed by atoms with E-state index in [2.05, 4.69) is 17.0 Å². The van der Waals surface area contributed by atoms with E-state index in [0.29, 0.717) is 18.7 Å². The van der Waals surface area contributed by atoms with Crippen LogP contribution in [0.3, 0.4) is 0 Å². The van der Waals surface area contributed by atoms with Crippen molar-refractivity contribution < 1.29 is 9.53 Å². The minimum absolute atomic E-state index is 0.187. The van der Waals surface area contributed by atoms with Gasteiger partial charge in [0, 0.05) is 18.5 Å². The monoisotopic (exact) mass is 343 g/mol. The first-order valence-corrected chi connectivity index (χ1v) is 8.61. The largest absolute Gasteiger partial charge is 0.497 e. The van der Waals surface area contributed by atoms with Crippen molar-refractivity contribution in [3.8, 4) is 17.0 Å². The first-order chi connectivity index (χ1) is 12.0. The van der Waals surface area contributed by atoms with Gasteiger partial charge in [-0.3, -0.25) is 0 Å². The van der Waals surface area contributed by atoms with E-state index >= 15 is 0 Å². The summed E-state index contributed by atoms with van der Waals surface area (Å²) >= 11 is 0. The van der Waals surface area contributed by atoms with Crippen molar-refractivity contribution in [2.75, 3.05) is 7.11 Å². The zero-order valence-corrected chi connectivity index (χ0v) is 15.1. The van der Waals surface area contributed by atoms with Gasteiger partial charge in [0.2, 0.25) is 0 Å². The number of methoxy groups -OCH3 is 1. The first kappa shape index (κ1) is 18.8. The third-order valence-corrected chi connectivity index (χ3v) is 4.16. The Hall–Kier alpha value is -2.50. The highest BCUT2D eigenvalue weighted by Gasteiger charge is 2.12. The molecular weight excluding hydrogens is 318 g/mol. The molecule has 1 aromatic heterocycles. The van der Waals surface area contributed by atoms with Crippen LogP contribution >= 0.6 is 0 Å². The Morgan fingerprint density at radius 2 is 1.96 bits per heavy atom. The van der Waals surface area contributed by atoms with Crippen LogP contribution in [0.25, 0.3) is 11.3 Å². The van der Waals surface area contributed by atoms with E-state index in [1.165, 1.54) is 4.68 Å². The number of hydrogen-bond acceptors (Lipinski definition) is 5. The van der Waals surface area contributed by atoms with Crippen LogP contribution in [0.15, 0.2) is 35.3 Å². The van der Waals surface area contributed by atoms with E-state index < -0.39 is 0 Å². The molecule has 0 radical (unpaired) electrons. The molecule has 1 atom stereocenters. The Kier molecular flexibility index (Phi) is 6.86. The van der Waals surface area contributed by atoms with Crippen LogP contribution in [0.1, 0.15) is 39.5 Å². The van der Waals surface area contributed by atoms with E-state index in [1.54, 1.807) is 20.2 Å². The van der Waals surface area contributed by atoms with Gasteiger partial charge in [-0.15, -0.1) is 0 Å². The lowest BCUT2D eigenvalue weighted by atomic mass is 9.94. The molecule has 0 bridgehead atoms. The van der Waals surface area contributed by atoms with Gasteiger partial charge in [0.15, 0.2) is 0 Å². The average molecular weight is 343 g/mol. The predicted octanol–water partition coefficient (Wildman–Crippen LogP) is 3.10. The summed E-state index contributed by atoms with van der Waals surface area (Å²) in [5.74, 6) is 1.22. The molecule has 2 aromatic rings. The number of Topliss-reactive ketones (excluding diaryl/α,β-unsaturated/α-hetero) is 1. The Balaban J connectivity index is 2.07. The van der Waals surface area contributed by atoms with Gasteiger partial charge in [-0.2, -0.15) is 10.1 Å². The fraction of sp³-hybridized carbons (Fsp3) is 0.474. The molecular formula is C19H25N3O3. The minimum atomic E-state index is -0.369. The third kappa shape index (κ3) is 5.52. The van der Waals surface area contributed by atoms with Crippen LogP contribution in [0.4, 0.5) is 0 Å². The molecule has 6 heteroatoms. The fourth-order valence-electron chi connectivity index (χ4n) is 2.89. The molecule has 25 heavy (non-hydrogen) atoms. The molecule has 0 fully saturated rings. The molecule has 6 nitrogen and oxygen atoms in total. The Morgan fingerprint density at radius 1 is 1.24 bits per heavy atom. The maximum Gasteiger partial charge on any atom is 0.364 e. The average Bonchev–Trinajstić information content (AvgIpc) is 2.60. The minimum Gasteiger partial charge on any atom is -0.497 e. The maximum absolute atomic E-state index is 12.2. The zero-order chi connectivity index (χ0) is 18.2. The van der Waals surface area contributed by atoms with Crippen LogP contribution in [0.5, 0.6) is 5.75 Å². The SMILES string of the molecule is CCCC(CCn1ncc(-c2ccc(OC)cc2)nc1=O)CC(C)=O. The smallest absolute Gasteiger partial charge is 0.364 e. The molecule has 134 valence electrons. The number of carbonyl (C=O) groups excluding carboxylic acids is 1. The number of carbonyl (C=O) groups is 1. The Morgan fingerprint density at radius 3 is 2.52 bits per heavy atom. The van der Waals surface area contributed by atoms with Gasteiger partial charge < -0.3 is 9.53 Å². The van der Waals surface area contributed by atoms with Crippen molar-refractivity contribution >= 4 is 5.78 Å². The normalized spacial score (nSPS) is 12.0. The molecule has 0 saturated carbocycles. The summed E-state index contributed by atoms with van der Waals surface area (Å²) in [4.78, 5) is 27.7. The second-order valence-corrected chi connectivity index (χ2v) is 6.23. The predicted molar refractivity (Wildman–Crippen MR) is 96.6 cm³/mol. The van der Waals surface area contributed by atoms with Gasteiger partial charge in [-0.25, -0.2) is 9.48 Å². The Bertz CT molecular complexity index is 753. The molecule has 0 spiro atoms. The molecule has 0 N–H and O–H groups in total. The second kappa shape index (κ2) is 9.11. The van der Waals surface area contributed by atoms with E-state index in [9.17, 15) is 9.59 Å². The molecule has 1 unspecified atom stereocenters. The molecule has 0 aliphatic heterocycles. The lowest BCUT2D eigenvalue weighted by Crippen LogP contribution is -2.27. The number of nitrogens with zero attached hydrogens (tertiary/aromatic N) is 3. The van der Waals surface area contributed by atoms with Crippen molar-refractivity contribution in [1.29, 1.82) is 0 Å². The lowest BCUT2D eigenvalue weighted by Gasteiger charge is -2.14. The highest BCUT2D eigenvalue weighted by Crippen LogP contribution is 2.19. The first-order valence-electron chi connectivity index (χ1n) is 8.61. The number of benzene rings is 1. The molecule has 2 rings (SSSR count). The number of hydrogen-bond donors (Lipinski definition) is 0. The zero-order valence-electron chi connectivity index (χ0n) is 15.1. The molecule has 1 aromatic carbocycles. The number of rotatable bonds is 9. The number of ketones is 1. The van der Waals surface area contributed by atoms with Crippen molar-refractivity contribution in [3.63, 3.8) is 0 Å². The highest BCUT2D eigenvalue weighted by atomic mass is 16.5. The summed E-state index contributed by atoms with van der Waals surface area (Å²) in [5.41, 5.74) is 0.988. The van der Waals surface area contributed by atoms with Crippen LogP contribution < -0.4 is 10.4 Å². The topological polar surface area (TPSA) is 74.1 Å². The van der Waals surface area contributed by atoms with E-state index in [0.717, 1.165) is 30.6 Å². The molecule has 0 aliphatic carbocycles. The van der Waals surface area contributed by atoms with E-state index in [-0.39, 0.29) is 17.4 Å². The molecule has 0 amide bonds. The van der Waals surface area contributed by atoms with Crippen molar-refractivity contribution in [2.24, 2.45) is 5.92 Å². The highest BCUT2D eigenvalue weighted by molar-refractivity contribution is 5.75.